The van der Waals surface area contributed by atoms with Gasteiger partial charge in [0, 0.05) is 6.20 Å². The standard InChI is InChI=1S/C11H12N4O2S/c1-6-7(2)17-11(14-6)18-10-8(9(12)15-16)4-3-5-13-10/h3-5,16H,1-2H3,(H2,12,15). The molecule has 0 fully saturated rings. The summed E-state index contributed by atoms with van der Waals surface area (Å²) >= 11 is 1.23. The molecule has 0 saturated heterocycles. The Balaban J connectivity index is 2.34. The van der Waals surface area contributed by atoms with E-state index >= 15 is 0 Å². The lowest BCUT2D eigenvalue weighted by molar-refractivity contribution is 0.318. The van der Waals surface area contributed by atoms with Gasteiger partial charge in [-0.05, 0) is 37.7 Å². The Hall–Kier alpha value is -2.02. The predicted molar refractivity (Wildman–Crippen MR) is 66.8 cm³/mol. The number of rotatable bonds is 3. The molecule has 2 heterocycles. The summed E-state index contributed by atoms with van der Waals surface area (Å²) in [7, 11) is 0. The van der Waals surface area contributed by atoms with E-state index in [0.29, 0.717) is 15.8 Å². The molecule has 0 unspecified atom stereocenters. The molecule has 0 radical (unpaired) electrons. The minimum atomic E-state index is 0.00519. The van der Waals surface area contributed by atoms with Gasteiger partial charge in [-0.1, -0.05) is 5.16 Å². The molecule has 0 aromatic carbocycles. The quantitative estimate of drug-likeness (QED) is 0.380. The van der Waals surface area contributed by atoms with Gasteiger partial charge in [-0.2, -0.15) is 0 Å². The monoisotopic (exact) mass is 264 g/mol. The van der Waals surface area contributed by atoms with Crippen LogP contribution in [0.2, 0.25) is 0 Å². The summed E-state index contributed by atoms with van der Waals surface area (Å²) < 4.78 is 5.46. The number of amidine groups is 1. The van der Waals surface area contributed by atoms with Crippen molar-refractivity contribution in [3.8, 4) is 0 Å². The van der Waals surface area contributed by atoms with Gasteiger partial charge >= 0.3 is 0 Å². The Bertz CT molecular complexity index is 575. The van der Waals surface area contributed by atoms with Crippen LogP contribution in [0.15, 0.2) is 38.2 Å². The van der Waals surface area contributed by atoms with E-state index in [1.54, 1.807) is 18.3 Å². The molecule has 0 saturated carbocycles. The first-order valence-electron chi connectivity index (χ1n) is 5.16. The number of aryl methyl sites for hydroxylation is 2. The third kappa shape index (κ3) is 2.45. The van der Waals surface area contributed by atoms with Crippen LogP contribution >= 0.6 is 11.8 Å². The first kappa shape index (κ1) is 12.4. The van der Waals surface area contributed by atoms with Crippen molar-refractivity contribution in [2.45, 2.75) is 24.1 Å². The highest BCUT2D eigenvalue weighted by Crippen LogP contribution is 2.29. The lowest BCUT2D eigenvalue weighted by Crippen LogP contribution is -2.14. The van der Waals surface area contributed by atoms with Crippen molar-refractivity contribution in [1.29, 1.82) is 0 Å². The zero-order valence-corrected chi connectivity index (χ0v) is 10.7. The second-order valence-electron chi connectivity index (χ2n) is 3.56. The summed E-state index contributed by atoms with van der Waals surface area (Å²) in [4.78, 5) is 8.42. The van der Waals surface area contributed by atoms with Crippen LogP contribution in [-0.2, 0) is 0 Å². The molecule has 0 atom stereocenters. The Labute approximate surface area is 108 Å². The number of hydrogen-bond acceptors (Lipinski definition) is 6. The van der Waals surface area contributed by atoms with E-state index in [4.69, 9.17) is 15.4 Å². The second-order valence-corrected chi connectivity index (χ2v) is 4.50. The minimum Gasteiger partial charge on any atom is -0.436 e. The highest BCUT2D eigenvalue weighted by Gasteiger charge is 2.13. The average molecular weight is 264 g/mol. The zero-order chi connectivity index (χ0) is 13.1. The SMILES string of the molecule is Cc1nc(Sc2ncccc2/C(N)=N/O)oc1C. The third-order valence-corrected chi connectivity index (χ3v) is 3.22. The van der Waals surface area contributed by atoms with Gasteiger partial charge in [0.25, 0.3) is 5.22 Å². The first-order chi connectivity index (χ1) is 8.61. The topological polar surface area (TPSA) is 97.5 Å². The molecule has 0 amide bonds. The fraction of sp³-hybridized carbons (Fsp3) is 0.182. The molecule has 0 aliphatic rings. The first-order valence-corrected chi connectivity index (χ1v) is 5.98. The van der Waals surface area contributed by atoms with Crippen LogP contribution in [0.3, 0.4) is 0 Å². The molecule has 18 heavy (non-hydrogen) atoms. The number of oxime groups is 1. The number of nitrogens with zero attached hydrogens (tertiary/aromatic N) is 3. The van der Waals surface area contributed by atoms with Crippen molar-refractivity contribution in [2.75, 3.05) is 0 Å². The Morgan fingerprint density at radius 3 is 2.89 bits per heavy atom. The van der Waals surface area contributed by atoms with Gasteiger partial charge in [-0.15, -0.1) is 0 Å². The van der Waals surface area contributed by atoms with Gasteiger partial charge in [0.1, 0.15) is 10.8 Å². The fourth-order valence-electron chi connectivity index (χ4n) is 1.29. The molecular formula is C11H12N4O2S. The molecule has 3 N–H and O–H groups in total. The van der Waals surface area contributed by atoms with Crippen molar-refractivity contribution in [3.63, 3.8) is 0 Å². The Morgan fingerprint density at radius 2 is 2.28 bits per heavy atom. The van der Waals surface area contributed by atoms with E-state index in [0.717, 1.165) is 11.5 Å². The summed E-state index contributed by atoms with van der Waals surface area (Å²) in [5.74, 6) is 0.768. The number of nitrogens with two attached hydrogens (primary N) is 1. The molecule has 7 heteroatoms. The Morgan fingerprint density at radius 1 is 1.50 bits per heavy atom. The number of pyridine rings is 1. The lowest BCUT2D eigenvalue weighted by Gasteiger charge is -2.03. The van der Waals surface area contributed by atoms with Gasteiger partial charge in [0.05, 0.1) is 11.3 Å². The molecule has 0 bridgehead atoms. The average Bonchev–Trinajstić information content (AvgIpc) is 2.68. The van der Waals surface area contributed by atoms with Crippen molar-refractivity contribution < 1.29 is 9.62 Å². The highest BCUT2D eigenvalue weighted by molar-refractivity contribution is 7.99. The van der Waals surface area contributed by atoms with Gasteiger partial charge in [0.2, 0.25) is 0 Å². The smallest absolute Gasteiger partial charge is 0.262 e. The molecule has 94 valence electrons. The largest absolute Gasteiger partial charge is 0.436 e. The number of aromatic nitrogens is 2. The van der Waals surface area contributed by atoms with Crippen LogP contribution in [0, 0.1) is 13.8 Å². The summed E-state index contributed by atoms with van der Waals surface area (Å²) in [5.41, 5.74) is 6.95. The molecule has 2 rings (SSSR count). The van der Waals surface area contributed by atoms with Crippen molar-refractivity contribution in [3.05, 3.63) is 35.3 Å². The molecule has 0 spiro atoms. The highest BCUT2D eigenvalue weighted by atomic mass is 32.2. The predicted octanol–water partition coefficient (Wildman–Crippen LogP) is 1.93. The number of hydrogen-bond donors (Lipinski definition) is 2. The fourth-order valence-corrected chi connectivity index (χ4v) is 2.20. The third-order valence-electron chi connectivity index (χ3n) is 2.35. The van der Waals surface area contributed by atoms with Gasteiger partial charge in [-0.25, -0.2) is 9.97 Å². The van der Waals surface area contributed by atoms with E-state index in [1.165, 1.54) is 11.8 Å². The van der Waals surface area contributed by atoms with Crippen LogP contribution in [0.25, 0.3) is 0 Å². The maximum atomic E-state index is 8.71. The van der Waals surface area contributed by atoms with E-state index in [9.17, 15) is 0 Å². The summed E-state index contributed by atoms with van der Waals surface area (Å²) in [6, 6.07) is 3.43. The molecular weight excluding hydrogens is 252 g/mol. The van der Waals surface area contributed by atoms with E-state index in [-0.39, 0.29) is 5.84 Å². The second kappa shape index (κ2) is 5.09. The van der Waals surface area contributed by atoms with Crippen molar-refractivity contribution >= 4 is 17.6 Å². The summed E-state index contributed by atoms with van der Waals surface area (Å²) in [5, 5.41) is 12.7. The molecule has 0 aliphatic heterocycles. The van der Waals surface area contributed by atoms with Gasteiger partial charge in [-0.3, -0.25) is 0 Å². The van der Waals surface area contributed by atoms with Gasteiger partial charge < -0.3 is 15.4 Å². The maximum absolute atomic E-state index is 8.71. The number of oxazole rings is 1. The zero-order valence-electron chi connectivity index (χ0n) is 9.91. The summed E-state index contributed by atoms with van der Waals surface area (Å²) in [6.07, 6.45) is 1.62. The van der Waals surface area contributed by atoms with Crippen LogP contribution in [0.4, 0.5) is 0 Å². The molecule has 6 nitrogen and oxygen atoms in total. The van der Waals surface area contributed by atoms with Gasteiger partial charge in [0.15, 0.2) is 5.84 Å². The van der Waals surface area contributed by atoms with E-state index in [2.05, 4.69) is 15.1 Å². The van der Waals surface area contributed by atoms with Crippen LogP contribution in [0.1, 0.15) is 17.0 Å². The van der Waals surface area contributed by atoms with Crippen molar-refractivity contribution in [1.82, 2.24) is 9.97 Å². The van der Waals surface area contributed by atoms with Crippen LogP contribution in [-0.4, -0.2) is 21.0 Å². The molecule has 2 aromatic rings. The van der Waals surface area contributed by atoms with Crippen molar-refractivity contribution in [2.24, 2.45) is 10.9 Å². The maximum Gasteiger partial charge on any atom is 0.262 e. The van der Waals surface area contributed by atoms with Crippen LogP contribution < -0.4 is 5.73 Å². The van der Waals surface area contributed by atoms with E-state index in [1.807, 2.05) is 13.8 Å². The van der Waals surface area contributed by atoms with Crippen LogP contribution in [0.5, 0.6) is 0 Å². The molecule has 0 aliphatic carbocycles. The lowest BCUT2D eigenvalue weighted by atomic mass is 10.3. The normalized spacial score (nSPS) is 11.8. The summed E-state index contributed by atoms with van der Waals surface area (Å²) in [6.45, 7) is 3.71. The molecule has 2 aromatic heterocycles. The van der Waals surface area contributed by atoms with E-state index < -0.39 is 0 Å². The Kier molecular flexibility index (Phi) is 3.52. The minimum absolute atomic E-state index is 0.00519.